The van der Waals surface area contributed by atoms with Gasteiger partial charge in [0.2, 0.25) is 0 Å². The van der Waals surface area contributed by atoms with Gasteiger partial charge in [-0.15, -0.1) is 0 Å². The van der Waals surface area contributed by atoms with Crippen LogP contribution in [-0.2, 0) is 12.1 Å². The van der Waals surface area contributed by atoms with Crippen LogP contribution in [0.3, 0.4) is 0 Å². The number of aromatic amines is 1. The van der Waals surface area contributed by atoms with Crippen molar-refractivity contribution in [3.63, 3.8) is 0 Å². The van der Waals surface area contributed by atoms with Crippen LogP contribution < -0.4 is 5.56 Å². The van der Waals surface area contributed by atoms with Gasteiger partial charge in [-0.1, -0.05) is 26.0 Å². The number of nitrogens with zero attached hydrogens (tertiary/aromatic N) is 4. The molecule has 7 nitrogen and oxygen atoms in total. The molecule has 0 aliphatic carbocycles. The molecule has 28 heavy (non-hydrogen) atoms. The standard InChI is InChI=1S/C21H27N5O2/c1-13(2)17-11-16(24-26(17)21(3,4)5)20(28)25(6)12-18-22-15-10-8-7-9-14(15)19(27)23-18/h7-11,13H,12H2,1-6H3,(H,22,23,27). The molecule has 3 aromatic rings. The molecule has 0 aliphatic heterocycles. The molecule has 0 unspecified atom stereocenters. The van der Waals surface area contributed by atoms with Gasteiger partial charge in [0, 0.05) is 12.7 Å². The summed E-state index contributed by atoms with van der Waals surface area (Å²) in [5, 5.41) is 5.10. The number of amides is 1. The van der Waals surface area contributed by atoms with Crippen molar-refractivity contribution < 1.29 is 4.79 Å². The highest BCUT2D eigenvalue weighted by Crippen LogP contribution is 2.24. The van der Waals surface area contributed by atoms with Crippen LogP contribution in [0, 0.1) is 0 Å². The van der Waals surface area contributed by atoms with Crippen LogP contribution in [0.2, 0.25) is 0 Å². The molecule has 1 N–H and O–H groups in total. The molecule has 0 aliphatic rings. The number of carbonyl (C=O) groups is 1. The van der Waals surface area contributed by atoms with E-state index in [9.17, 15) is 9.59 Å². The maximum absolute atomic E-state index is 12.9. The predicted molar refractivity (Wildman–Crippen MR) is 109 cm³/mol. The van der Waals surface area contributed by atoms with Gasteiger partial charge in [0.25, 0.3) is 11.5 Å². The molecular formula is C21H27N5O2. The minimum Gasteiger partial charge on any atom is -0.333 e. The SMILES string of the molecule is CC(C)c1cc(C(=O)N(C)Cc2nc3ccccc3c(=O)[nH]2)nn1C(C)(C)C. The predicted octanol–water partition coefficient (Wildman–Crippen LogP) is 3.27. The van der Waals surface area contributed by atoms with E-state index in [1.807, 2.05) is 16.8 Å². The number of aromatic nitrogens is 4. The van der Waals surface area contributed by atoms with Crippen LogP contribution >= 0.6 is 0 Å². The van der Waals surface area contributed by atoms with Crippen molar-refractivity contribution in [2.45, 2.75) is 52.6 Å². The zero-order valence-corrected chi connectivity index (χ0v) is 17.3. The second-order valence-electron chi connectivity index (χ2n) is 8.38. The van der Waals surface area contributed by atoms with Gasteiger partial charge in [0.15, 0.2) is 5.69 Å². The zero-order chi connectivity index (χ0) is 20.6. The van der Waals surface area contributed by atoms with Gasteiger partial charge in [-0.3, -0.25) is 14.3 Å². The van der Waals surface area contributed by atoms with Gasteiger partial charge in [0.05, 0.1) is 23.0 Å². The summed E-state index contributed by atoms with van der Waals surface area (Å²) in [6, 6.07) is 9.00. The van der Waals surface area contributed by atoms with Crippen molar-refractivity contribution in [2.24, 2.45) is 0 Å². The third kappa shape index (κ3) is 3.83. The lowest BCUT2D eigenvalue weighted by Gasteiger charge is -2.23. The summed E-state index contributed by atoms with van der Waals surface area (Å²) < 4.78 is 1.91. The van der Waals surface area contributed by atoms with Crippen LogP contribution in [-0.4, -0.2) is 37.6 Å². The minimum atomic E-state index is -0.220. The molecule has 0 saturated heterocycles. The van der Waals surface area contributed by atoms with Crippen LogP contribution in [0.1, 0.15) is 62.5 Å². The van der Waals surface area contributed by atoms with Gasteiger partial charge in [-0.2, -0.15) is 5.10 Å². The molecule has 0 radical (unpaired) electrons. The van der Waals surface area contributed by atoms with Crippen LogP contribution in [0.25, 0.3) is 10.9 Å². The fraction of sp³-hybridized carbons (Fsp3) is 0.429. The van der Waals surface area contributed by atoms with Crippen LogP contribution in [0.15, 0.2) is 35.1 Å². The summed E-state index contributed by atoms with van der Waals surface area (Å²) in [6.45, 7) is 10.6. The van der Waals surface area contributed by atoms with E-state index in [1.165, 1.54) is 4.90 Å². The number of nitrogens with one attached hydrogen (secondary N) is 1. The molecule has 7 heteroatoms. The van der Waals surface area contributed by atoms with E-state index >= 15 is 0 Å². The third-order valence-corrected chi connectivity index (χ3v) is 4.58. The third-order valence-electron chi connectivity index (χ3n) is 4.58. The molecular weight excluding hydrogens is 354 g/mol. The Kier molecular flexibility index (Phi) is 5.10. The van der Waals surface area contributed by atoms with E-state index in [0.29, 0.717) is 22.4 Å². The van der Waals surface area contributed by atoms with Crippen LogP contribution in [0.5, 0.6) is 0 Å². The summed E-state index contributed by atoms with van der Waals surface area (Å²) in [5.41, 5.74) is 1.59. The highest BCUT2D eigenvalue weighted by molar-refractivity contribution is 5.92. The fourth-order valence-electron chi connectivity index (χ4n) is 3.15. The molecule has 2 heterocycles. The summed E-state index contributed by atoms with van der Waals surface area (Å²) in [5.74, 6) is 0.483. The topological polar surface area (TPSA) is 83.9 Å². The number of para-hydroxylation sites is 1. The Morgan fingerprint density at radius 1 is 1.25 bits per heavy atom. The number of benzene rings is 1. The van der Waals surface area contributed by atoms with Crippen LogP contribution in [0.4, 0.5) is 0 Å². The highest BCUT2D eigenvalue weighted by Gasteiger charge is 2.25. The number of hydrogen-bond donors (Lipinski definition) is 1. The Morgan fingerprint density at radius 3 is 2.54 bits per heavy atom. The average molecular weight is 381 g/mol. The van der Waals surface area contributed by atoms with Gasteiger partial charge in [-0.25, -0.2) is 4.98 Å². The molecule has 0 saturated carbocycles. The number of fused-ring (bicyclic) bond motifs is 1. The molecule has 1 amide bonds. The Balaban J connectivity index is 1.88. The zero-order valence-electron chi connectivity index (χ0n) is 17.3. The number of carbonyl (C=O) groups excluding carboxylic acids is 1. The molecule has 0 atom stereocenters. The van der Waals surface area contributed by atoms with E-state index in [1.54, 1.807) is 25.2 Å². The lowest BCUT2D eigenvalue weighted by molar-refractivity contribution is 0.0774. The normalized spacial score (nSPS) is 12.0. The Labute approximate surface area is 164 Å². The van der Waals surface area contributed by atoms with Crippen molar-refractivity contribution in [2.75, 3.05) is 7.05 Å². The maximum Gasteiger partial charge on any atom is 0.274 e. The average Bonchev–Trinajstić information content (AvgIpc) is 3.07. The number of H-pyrrole nitrogens is 1. The number of rotatable bonds is 4. The second kappa shape index (κ2) is 7.22. The first kappa shape index (κ1) is 19.8. The smallest absolute Gasteiger partial charge is 0.274 e. The largest absolute Gasteiger partial charge is 0.333 e. The molecule has 148 valence electrons. The lowest BCUT2D eigenvalue weighted by atomic mass is 10.1. The lowest BCUT2D eigenvalue weighted by Crippen LogP contribution is -2.30. The van der Waals surface area contributed by atoms with Gasteiger partial charge in [-0.05, 0) is 44.9 Å². The molecule has 2 aromatic heterocycles. The van der Waals surface area contributed by atoms with Gasteiger partial charge >= 0.3 is 0 Å². The summed E-state index contributed by atoms with van der Waals surface area (Å²) in [7, 11) is 1.68. The Morgan fingerprint density at radius 2 is 1.93 bits per heavy atom. The van der Waals surface area contributed by atoms with Gasteiger partial charge < -0.3 is 9.88 Å². The molecule has 0 fully saturated rings. The summed E-state index contributed by atoms with van der Waals surface area (Å²) >= 11 is 0. The van der Waals surface area contributed by atoms with E-state index in [4.69, 9.17) is 0 Å². The minimum absolute atomic E-state index is 0.193. The van der Waals surface area contributed by atoms with Crippen molar-refractivity contribution in [1.29, 1.82) is 0 Å². The van der Waals surface area contributed by atoms with Gasteiger partial charge in [0.1, 0.15) is 5.82 Å². The first-order valence-corrected chi connectivity index (χ1v) is 9.41. The first-order valence-electron chi connectivity index (χ1n) is 9.41. The Bertz CT molecular complexity index is 1070. The molecule has 0 spiro atoms. The molecule has 0 bridgehead atoms. The maximum atomic E-state index is 12.9. The molecule has 1 aromatic carbocycles. The Hall–Kier alpha value is -2.96. The van der Waals surface area contributed by atoms with E-state index < -0.39 is 0 Å². The van der Waals surface area contributed by atoms with E-state index in [-0.39, 0.29) is 29.5 Å². The second-order valence-corrected chi connectivity index (χ2v) is 8.38. The molecule has 3 rings (SSSR count). The van der Waals surface area contributed by atoms with Crippen molar-refractivity contribution in [3.05, 3.63) is 57.9 Å². The highest BCUT2D eigenvalue weighted by atomic mass is 16.2. The summed E-state index contributed by atoms with van der Waals surface area (Å²) in [4.78, 5) is 33.9. The monoisotopic (exact) mass is 381 g/mol. The summed E-state index contributed by atoms with van der Waals surface area (Å²) in [6.07, 6.45) is 0. The quantitative estimate of drug-likeness (QED) is 0.752. The fourth-order valence-corrected chi connectivity index (χ4v) is 3.15. The van der Waals surface area contributed by atoms with Crippen molar-refractivity contribution >= 4 is 16.8 Å². The van der Waals surface area contributed by atoms with Crippen molar-refractivity contribution in [1.82, 2.24) is 24.6 Å². The first-order chi connectivity index (χ1) is 13.1. The van der Waals surface area contributed by atoms with E-state index in [2.05, 4.69) is 49.7 Å². The number of hydrogen-bond acceptors (Lipinski definition) is 4. The van der Waals surface area contributed by atoms with E-state index in [0.717, 1.165) is 5.69 Å². The van der Waals surface area contributed by atoms with Crippen molar-refractivity contribution in [3.8, 4) is 0 Å².